The number of carboxylic acids is 1. The first-order valence-corrected chi connectivity index (χ1v) is 26.1. The Labute approximate surface area is 356 Å². The van der Waals surface area contributed by atoms with Crippen molar-refractivity contribution in [2.75, 3.05) is 88.3 Å². The molecule has 1 atom stereocenters. The van der Waals surface area contributed by atoms with Gasteiger partial charge in [0.1, 0.15) is 24.4 Å². The van der Waals surface area contributed by atoms with Gasteiger partial charge < -0.3 is 19.3 Å². The number of carboxylic acid groups (broad SMARTS) is 1. The molecule has 0 spiro atoms. The predicted octanol–water partition coefficient (Wildman–Crippen LogP) is 6.17. The van der Waals surface area contributed by atoms with E-state index in [1.165, 1.54) is 6.20 Å². The monoisotopic (exact) mass is 883 g/mol. The fourth-order valence-electron chi connectivity index (χ4n) is 8.41. The van der Waals surface area contributed by atoms with E-state index in [9.17, 15) is 22.4 Å². The smallest absolute Gasteiger partial charge is 0.317 e. The Morgan fingerprint density at radius 1 is 0.934 bits per heavy atom. The van der Waals surface area contributed by atoms with Crippen molar-refractivity contribution in [1.29, 1.82) is 0 Å². The molecule has 0 saturated carbocycles. The minimum Gasteiger partial charge on any atom is -0.480 e. The highest BCUT2D eigenvalue weighted by Crippen LogP contribution is 2.34. The fraction of sp³-hybridized carbons (Fsp3) is 0.512. The number of halogens is 3. The Balaban J connectivity index is 1.10. The zero-order valence-electron chi connectivity index (χ0n) is 35.3. The number of fused-ring (bicyclic) bond motifs is 1. The van der Waals surface area contributed by atoms with E-state index in [1.807, 2.05) is 29.2 Å². The molecule has 4 aromatic rings. The van der Waals surface area contributed by atoms with Gasteiger partial charge in [-0.25, -0.2) is 18.2 Å². The number of rotatable bonds is 16. The molecule has 0 aliphatic carbocycles. The van der Waals surface area contributed by atoms with Gasteiger partial charge in [-0.15, -0.1) is 0 Å². The van der Waals surface area contributed by atoms with Crippen molar-refractivity contribution < 1.29 is 41.0 Å². The highest BCUT2D eigenvalue weighted by Gasteiger charge is 2.37. The minimum absolute atomic E-state index is 0.00741. The standard InChI is InChI=1S/C43H56F3N7O6SSi/c1-48(60(57,58)53-16-13-33(44)26-53)38-10-9-37(45)40(41(38)46)42(56)36-27-52(29-59-21-22-61(2,3)4)43-35(36)23-32(24-47-43)31-5-7-34(8-6-31)51-19-17-50(18-20-51)25-30-11-14-49(15-12-30)28-39(54)55/h5-10,23-24,27,30,33H,11-22,25-26,28-29H2,1-4H3,(H,54,55)/t33-/m1/s1. The molecule has 7 rings (SSSR count). The maximum absolute atomic E-state index is 16.4. The first kappa shape index (κ1) is 44.7. The summed E-state index contributed by atoms with van der Waals surface area (Å²) in [4.78, 5) is 37.0. The molecule has 18 heteroatoms. The Hall–Kier alpha value is -4.33. The third-order valence-electron chi connectivity index (χ3n) is 12.1. The van der Waals surface area contributed by atoms with E-state index in [0.29, 0.717) is 33.4 Å². The van der Waals surface area contributed by atoms with Gasteiger partial charge in [0, 0.05) is 96.6 Å². The highest BCUT2D eigenvalue weighted by molar-refractivity contribution is 7.90. The number of piperazine rings is 1. The molecule has 3 aliphatic rings. The summed E-state index contributed by atoms with van der Waals surface area (Å²) in [7, 11) is -4.70. The number of piperidine rings is 1. The minimum atomic E-state index is -4.38. The topological polar surface area (TPSA) is 132 Å². The summed E-state index contributed by atoms with van der Waals surface area (Å²) in [5.74, 6) is -3.71. The van der Waals surface area contributed by atoms with Crippen LogP contribution in [0.2, 0.25) is 25.7 Å². The van der Waals surface area contributed by atoms with Gasteiger partial charge in [0.05, 0.1) is 23.4 Å². The van der Waals surface area contributed by atoms with E-state index < -0.39 is 59.1 Å². The molecule has 2 aromatic heterocycles. The van der Waals surface area contributed by atoms with Crippen LogP contribution in [-0.2, 0) is 26.5 Å². The normalized spacial score (nSPS) is 18.9. The Bertz CT molecular complexity index is 2330. The Morgan fingerprint density at radius 3 is 2.28 bits per heavy atom. The van der Waals surface area contributed by atoms with Gasteiger partial charge in [-0.2, -0.15) is 12.7 Å². The zero-order valence-corrected chi connectivity index (χ0v) is 37.1. The number of carbonyl (C=O) groups excluding carboxylic acids is 1. The lowest BCUT2D eigenvalue weighted by molar-refractivity contribution is -0.138. The average molecular weight is 884 g/mol. The molecule has 0 amide bonds. The molecule has 3 fully saturated rings. The van der Waals surface area contributed by atoms with Gasteiger partial charge in [0.15, 0.2) is 5.82 Å². The van der Waals surface area contributed by atoms with Crippen molar-refractivity contribution in [2.45, 2.75) is 57.9 Å². The van der Waals surface area contributed by atoms with Gasteiger partial charge >= 0.3 is 16.2 Å². The number of nitrogens with zero attached hydrogens (tertiary/aromatic N) is 7. The van der Waals surface area contributed by atoms with Gasteiger partial charge in [0.2, 0.25) is 5.78 Å². The number of hydrogen-bond donors (Lipinski definition) is 1. The fourth-order valence-corrected chi connectivity index (χ4v) is 10.6. The summed E-state index contributed by atoms with van der Waals surface area (Å²) in [6.45, 7) is 13.1. The van der Waals surface area contributed by atoms with Gasteiger partial charge in [-0.3, -0.25) is 23.7 Å². The molecule has 1 N–H and O–H groups in total. The average Bonchev–Trinajstić information content (AvgIpc) is 3.83. The molecule has 0 bridgehead atoms. The SMILES string of the molecule is CN(c1ccc(F)c(C(=O)c2cn(COCC[Si](C)(C)C)c3ncc(-c4ccc(N5CCN(CC6CCN(CC(=O)O)CC6)CC5)cc4)cc23)c1F)S(=O)(=O)N1CC[C@@H](F)C1. The Kier molecular flexibility index (Phi) is 13.6. The third kappa shape index (κ3) is 10.3. The van der Waals surface area contributed by atoms with Crippen molar-refractivity contribution in [3.05, 3.63) is 77.6 Å². The van der Waals surface area contributed by atoms with Crippen LogP contribution in [0.25, 0.3) is 22.2 Å². The maximum atomic E-state index is 16.4. The van der Waals surface area contributed by atoms with Crippen LogP contribution in [0.3, 0.4) is 0 Å². The maximum Gasteiger partial charge on any atom is 0.317 e. The summed E-state index contributed by atoms with van der Waals surface area (Å²) >= 11 is 0. The largest absolute Gasteiger partial charge is 0.480 e. The molecule has 3 saturated heterocycles. The number of likely N-dealkylation sites (tertiary alicyclic amines) is 1. The lowest BCUT2D eigenvalue weighted by atomic mass is 9.96. The van der Waals surface area contributed by atoms with E-state index in [-0.39, 0.29) is 38.3 Å². The van der Waals surface area contributed by atoms with Crippen molar-refractivity contribution in [3.63, 3.8) is 0 Å². The van der Waals surface area contributed by atoms with Crippen LogP contribution < -0.4 is 9.21 Å². The molecule has 0 radical (unpaired) electrons. The number of ether oxygens (including phenoxy) is 1. The van der Waals surface area contributed by atoms with Crippen LogP contribution in [0.1, 0.15) is 35.2 Å². The van der Waals surface area contributed by atoms with Gasteiger partial charge in [0.25, 0.3) is 0 Å². The number of aromatic nitrogens is 2. The summed E-state index contributed by atoms with van der Waals surface area (Å²) in [6, 6.07) is 12.6. The van der Waals surface area contributed by atoms with Crippen LogP contribution in [-0.4, -0.2) is 142 Å². The molecule has 330 valence electrons. The number of carbonyl (C=O) groups is 2. The summed E-state index contributed by atoms with van der Waals surface area (Å²) in [5.41, 5.74) is 1.48. The number of hydrogen-bond acceptors (Lipinski definition) is 9. The molecule has 5 heterocycles. The predicted molar refractivity (Wildman–Crippen MR) is 233 cm³/mol. The lowest BCUT2D eigenvalue weighted by Gasteiger charge is -2.39. The molecular weight excluding hydrogens is 828 g/mol. The molecular formula is C43H56F3N7O6SSi. The quantitative estimate of drug-likeness (QED) is 0.0793. The number of aliphatic carboxylic acids is 1. The van der Waals surface area contributed by atoms with Crippen molar-refractivity contribution in [1.82, 2.24) is 23.7 Å². The molecule has 0 unspecified atom stereocenters. The molecule has 13 nitrogen and oxygen atoms in total. The number of ketones is 1. The van der Waals surface area contributed by atoms with E-state index in [4.69, 9.17) is 14.8 Å². The van der Waals surface area contributed by atoms with Gasteiger partial charge in [-0.05, 0) is 80.2 Å². The van der Waals surface area contributed by atoms with Crippen LogP contribution in [0.5, 0.6) is 0 Å². The number of pyridine rings is 1. The third-order valence-corrected chi connectivity index (χ3v) is 15.7. The summed E-state index contributed by atoms with van der Waals surface area (Å²) in [5, 5.41) is 9.45. The van der Waals surface area contributed by atoms with Crippen molar-refractivity contribution in [2.24, 2.45) is 5.92 Å². The van der Waals surface area contributed by atoms with E-state index in [0.717, 1.165) is 99.4 Å². The number of anilines is 2. The second kappa shape index (κ2) is 18.6. The summed E-state index contributed by atoms with van der Waals surface area (Å²) < 4.78 is 81.7. The first-order valence-electron chi connectivity index (χ1n) is 21.0. The van der Waals surface area contributed by atoms with Crippen LogP contribution in [0.4, 0.5) is 24.5 Å². The number of alkyl halides is 1. The first-order chi connectivity index (χ1) is 29.0. The molecule has 2 aromatic carbocycles. The van der Waals surface area contributed by atoms with Gasteiger partial charge in [-0.1, -0.05) is 31.8 Å². The van der Waals surface area contributed by atoms with Crippen molar-refractivity contribution in [3.8, 4) is 11.1 Å². The second-order valence-corrected chi connectivity index (χ2v) is 25.3. The second-order valence-electron chi connectivity index (χ2n) is 17.7. The van der Waals surface area contributed by atoms with Crippen molar-refractivity contribution >= 4 is 52.4 Å². The van der Waals surface area contributed by atoms with E-state index in [1.54, 1.807) is 16.8 Å². The zero-order chi connectivity index (χ0) is 43.6. The Morgan fingerprint density at radius 2 is 1.64 bits per heavy atom. The molecule has 3 aliphatic heterocycles. The lowest BCUT2D eigenvalue weighted by Crippen LogP contribution is -2.49. The van der Waals surface area contributed by atoms with E-state index in [2.05, 4.69) is 29.4 Å². The number of benzene rings is 2. The van der Waals surface area contributed by atoms with E-state index >= 15 is 8.78 Å². The summed E-state index contributed by atoms with van der Waals surface area (Å²) in [6.07, 6.45) is 3.84. The van der Waals surface area contributed by atoms with Crippen LogP contribution in [0, 0.1) is 17.6 Å². The van der Waals surface area contributed by atoms with Crippen LogP contribution >= 0.6 is 0 Å². The van der Waals surface area contributed by atoms with Crippen LogP contribution in [0.15, 0.2) is 54.9 Å². The molecule has 61 heavy (non-hydrogen) atoms. The highest BCUT2D eigenvalue weighted by atomic mass is 32.2.